The minimum atomic E-state index is -0.528. The summed E-state index contributed by atoms with van der Waals surface area (Å²) in [6, 6.07) is 62.1. The first-order valence-corrected chi connectivity index (χ1v) is 15.9. The van der Waals surface area contributed by atoms with Gasteiger partial charge in [0.1, 0.15) is 11.5 Å². The molecule has 0 saturated carbocycles. The maximum atomic E-state index is 6.66. The Hall–Kier alpha value is -5.92. The third kappa shape index (κ3) is 3.35. The Kier molecular flexibility index (Phi) is 5.27. The van der Waals surface area contributed by atoms with Crippen LogP contribution in [0.3, 0.4) is 0 Å². The van der Waals surface area contributed by atoms with E-state index in [1.165, 1.54) is 66.1 Å². The van der Waals surface area contributed by atoms with Gasteiger partial charge in [0.05, 0.1) is 5.41 Å². The van der Waals surface area contributed by atoms with E-state index in [4.69, 9.17) is 4.74 Å². The molecule has 8 aromatic rings. The Morgan fingerprint density at radius 1 is 0.391 bits per heavy atom. The van der Waals surface area contributed by atoms with E-state index in [9.17, 15) is 0 Å². The molecule has 0 spiro atoms. The van der Waals surface area contributed by atoms with Crippen LogP contribution in [0.25, 0.3) is 54.9 Å². The first kappa shape index (κ1) is 25.4. The van der Waals surface area contributed by atoms with Crippen molar-refractivity contribution < 1.29 is 4.74 Å². The smallest absolute Gasteiger partial charge is 0.135 e. The minimum absolute atomic E-state index is 0.528. The second-order valence-electron chi connectivity index (χ2n) is 12.4. The molecule has 0 radical (unpaired) electrons. The molecule has 2 aliphatic rings. The molecule has 46 heavy (non-hydrogen) atoms. The molecule has 1 aliphatic carbocycles. The second-order valence-corrected chi connectivity index (χ2v) is 12.4. The lowest BCUT2D eigenvalue weighted by molar-refractivity contribution is 0.487. The minimum Gasteiger partial charge on any atom is -0.456 e. The average molecular weight is 585 g/mol. The van der Waals surface area contributed by atoms with Crippen LogP contribution in [0, 0.1) is 0 Å². The molecule has 10 rings (SSSR count). The molecule has 1 atom stereocenters. The SMILES string of the molecule is c1ccc(C2(c3ccccc3-c3ccc4c(c3)Oc3cccc5cccc-4c35)c3ccccc3-c3ccc4ccccc4c32)cc1. The highest BCUT2D eigenvalue weighted by atomic mass is 16.5. The van der Waals surface area contributed by atoms with Crippen molar-refractivity contribution >= 4 is 21.5 Å². The van der Waals surface area contributed by atoms with Crippen molar-refractivity contribution in [1.82, 2.24) is 0 Å². The third-order valence-corrected chi connectivity index (χ3v) is 10.1. The van der Waals surface area contributed by atoms with Gasteiger partial charge in [0.2, 0.25) is 0 Å². The Morgan fingerprint density at radius 3 is 1.91 bits per heavy atom. The van der Waals surface area contributed by atoms with Crippen LogP contribution in [0.1, 0.15) is 22.3 Å². The van der Waals surface area contributed by atoms with Gasteiger partial charge < -0.3 is 4.74 Å². The summed E-state index contributed by atoms with van der Waals surface area (Å²) < 4.78 is 6.66. The van der Waals surface area contributed by atoms with E-state index in [1.54, 1.807) is 0 Å². The highest BCUT2D eigenvalue weighted by molar-refractivity contribution is 6.05. The molecule has 1 nitrogen and oxygen atoms in total. The van der Waals surface area contributed by atoms with Crippen molar-refractivity contribution in [3.63, 3.8) is 0 Å². The lowest BCUT2D eigenvalue weighted by atomic mass is 9.65. The fraction of sp³-hybridized carbons (Fsp3) is 0.0222. The summed E-state index contributed by atoms with van der Waals surface area (Å²) in [6.07, 6.45) is 0. The van der Waals surface area contributed by atoms with E-state index in [0.29, 0.717) is 0 Å². The molecule has 0 saturated heterocycles. The maximum absolute atomic E-state index is 6.66. The van der Waals surface area contributed by atoms with Crippen LogP contribution >= 0.6 is 0 Å². The summed E-state index contributed by atoms with van der Waals surface area (Å²) in [7, 11) is 0. The average Bonchev–Trinajstić information content (AvgIpc) is 3.43. The molecule has 0 amide bonds. The van der Waals surface area contributed by atoms with Gasteiger partial charge in [0.25, 0.3) is 0 Å². The lowest BCUT2D eigenvalue weighted by Crippen LogP contribution is -2.29. The summed E-state index contributed by atoms with van der Waals surface area (Å²) in [5.41, 5.74) is 11.9. The Morgan fingerprint density at radius 2 is 1.04 bits per heavy atom. The van der Waals surface area contributed by atoms with Crippen molar-refractivity contribution in [3.05, 3.63) is 192 Å². The van der Waals surface area contributed by atoms with E-state index >= 15 is 0 Å². The van der Waals surface area contributed by atoms with Crippen LogP contribution in [0.4, 0.5) is 0 Å². The van der Waals surface area contributed by atoms with Gasteiger partial charge in [-0.25, -0.2) is 0 Å². The Balaban J connectivity index is 1.29. The van der Waals surface area contributed by atoms with Crippen LogP contribution in [-0.2, 0) is 5.41 Å². The van der Waals surface area contributed by atoms with Gasteiger partial charge in [-0.15, -0.1) is 0 Å². The molecule has 0 bridgehead atoms. The van der Waals surface area contributed by atoms with Crippen molar-refractivity contribution in [2.75, 3.05) is 0 Å². The quantitative estimate of drug-likeness (QED) is 0.201. The van der Waals surface area contributed by atoms with Crippen LogP contribution in [0.15, 0.2) is 170 Å². The van der Waals surface area contributed by atoms with Crippen molar-refractivity contribution in [2.45, 2.75) is 5.41 Å². The first-order chi connectivity index (χ1) is 22.8. The summed E-state index contributed by atoms with van der Waals surface area (Å²) in [5.74, 6) is 1.81. The zero-order valence-electron chi connectivity index (χ0n) is 25.1. The molecule has 214 valence electrons. The van der Waals surface area contributed by atoms with Gasteiger partial charge in [-0.3, -0.25) is 0 Å². The zero-order chi connectivity index (χ0) is 30.2. The van der Waals surface area contributed by atoms with Gasteiger partial charge in [-0.2, -0.15) is 0 Å². The van der Waals surface area contributed by atoms with Crippen molar-refractivity contribution in [3.8, 4) is 44.9 Å². The third-order valence-electron chi connectivity index (χ3n) is 10.1. The number of ether oxygens (including phenoxy) is 1. The summed E-state index contributed by atoms with van der Waals surface area (Å²) >= 11 is 0. The first-order valence-electron chi connectivity index (χ1n) is 15.9. The number of benzene rings is 8. The predicted molar refractivity (Wildman–Crippen MR) is 190 cm³/mol. The van der Waals surface area contributed by atoms with E-state index in [-0.39, 0.29) is 0 Å². The molecule has 1 unspecified atom stereocenters. The fourth-order valence-corrected chi connectivity index (χ4v) is 8.30. The van der Waals surface area contributed by atoms with Crippen LogP contribution in [0.2, 0.25) is 0 Å². The highest BCUT2D eigenvalue weighted by Crippen LogP contribution is 2.59. The molecule has 1 heteroatoms. The topological polar surface area (TPSA) is 9.23 Å². The van der Waals surface area contributed by atoms with Gasteiger partial charge in [0.15, 0.2) is 0 Å². The molecule has 0 aromatic heterocycles. The summed E-state index contributed by atoms with van der Waals surface area (Å²) in [4.78, 5) is 0. The lowest BCUT2D eigenvalue weighted by Gasteiger charge is -2.36. The number of hydrogen-bond acceptors (Lipinski definition) is 1. The van der Waals surface area contributed by atoms with Gasteiger partial charge >= 0.3 is 0 Å². The van der Waals surface area contributed by atoms with E-state index in [0.717, 1.165) is 22.6 Å². The molecular weight excluding hydrogens is 556 g/mol. The van der Waals surface area contributed by atoms with Crippen LogP contribution < -0.4 is 4.74 Å². The van der Waals surface area contributed by atoms with Crippen LogP contribution in [-0.4, -0.2) is 0 Å². The maximum Gasteiger partial charge on any atom is 0.135 e. The Bertz CT molecular complexity index is 2500. The normalized spacial score (nSPS) is 15.7. The molecule has 8 aromatic carbocycles. The molecule has 1 aliphatic heterocycles. The Labute approximate surface area is 268 Å². The van der Waals surface area contributed by atoms with Crippen LogP contribution in [0.5, 0.6) is 11.5 Å². The van der Waals surface area contributed by atoms with Crippen molar-refractivity contribution in [1.29, 1.82) is 0 Å². The summed E-state index contributed by atoms with van der Waals surface area (Å²) in [5, 5.41) is 4.92. The van der Waals surface area contributed by atoms with Gasteiger partial charge in [-0.05, 0) is 84.4 Å². The molecule has 1 heterocycles. The molecule has 0 fully saturated rings. The number of fused-ring (bicyclic) bond motifs is 7. The van der Waals surface area contributed by atoms with Gasteiger partial charge in [0, 0.05) is 10.9 Å². The van der Waals surface area contributed by atoms with E-state index in [2.05, 4.69) is 170 Å². The predicted octanol–water partition coefficient (Wildman–Crippen LogP) is 11.8. The standard InChI is InChI=1S/C45H28O/c1-2-15-32(16-3-1)45(40-22-9-7-19-35(40)38-27-24-29-12-4-5-18-34(29)44(38)45)39-21-8-6-17-33(39)31-25-26-36-37-20-10-13-30-14-11-23-41(43(30)37)46-42(36)28-31/h1-28H. The highest BCUT2D eigenvalue weighted by Gasteiger charge is 2.48. The fourth-order valence-electron chi connectivity index (χ4n) is 8.30. The van der Waals surface area contributed by atoms with E-state index in [1.807, 2.05) is 0 Å². The van der Waals surface area contributed by atoms with Crippen molar-refractivity contribution in [2.24, 2.45) is 0 Å². The zero-order valence-corrected chi connectivity index (χ0v) is 25.1. The largest absolute Gasteiger partial charge is 0.456 e. The monoisotopic (exact) mass is 584 g/mol. The second kappa shape index (κ2) is 9.54. The molecular formula is C45H28O. The van der Waals surface area contributed by atoms with E-state index < -0.39 is 5.41 Å². The number of rotatable bonds is 3. The number of hydrogen-bond donors (Lipinski definition) is 0. The summed E-state index contributed by atoms with van der Waals surface area (Å²) in [6.45, 7) is 0. The molecule has 0 N–H and O–H groups in total. The van der Waals surface area contributed by atoms with Gasteiger partial charge in [-0.1, -0.05) is 152 Å².